The van der Waals surface area contributed by atoms with Gasteiger partial charge < -0.3 is 23.7 Å². The Kier molecular flexibility index (Phi) is 6.17. The lowest BCUT2D eigenvalue weighted by atomic mass is 9.88. The van der Waals surface area contributed by atoms with Crippen molar-refractivity contribution in [2.75, 3.05) is 26.2 Å². The molecule has 1 aliphatic rings. The Hall–Kier alpha value is -3.68. The molecule has 6 rings (SSSR count). The van der Waals surface area contributed by atoms with Crippen molar-refractivity contribution in [3.8, 4) is 17.4 Å². The summed E-state index contributed by atoms with van der Waals surface area (Å²) in [4.78, 5) is 6.56. The fourth-order valence-electron chi connectivity index (χ4n) is 5.11. The van der Waals surface area contributed by atoms with Gasteiger partial charge in [-0.15, -0.1) is 0 Å². The smallest absolute Gasteiger partial charge is 0.293 e. The Bertz CT molecular complexity index is 1480. The van der Waals surface area contributed by atoms with Gasteiger partial charge in [0.2, 0.25) is 0 Å². The summed E-state index contributed by atoms with van der Waals surface area (Å²) in [5, 5.41) is 17.9. The molecule has 0 aliphatic carbocycles. The lowest BCUT2D eigenvalue weighted by Crippen LogP contribution is -2.40. The number of furan rings is 1. The van der Waals surface area contributed by atoms with Crippen LogP contribution in [0.2, 0.25) is 0 Å². The van der Waals surface area contributed by atoms with Gasteiger partial charge in [0.05, 0.1) is 5.39 Å². The van der Waals surface area contributed by atoms with Gasteiger partial charge >= 0.3 is 0 Å². The van der Waals surface area contributed by atoms with Crippen LogP contribution in [0, 0.1) is 6.92 Å². The average molecular weight is 484 g/mol. The molecule has 3 aromatic carbocycles. The maximum Gasteiger partial charge on any atom is 0.293 e. The second-order valence-corrected chi connectivity index (χ2v) is 9.57. The number of ether oxygens (including phenoxy) is 1. The molecule has 1 N–H and O–H groups in total. The van der Waals surface area contributed by atoms with E-state index >= 15 is 0 Å². The Morgan fingerprint density at radius 1 is 1.03 bits per heavy atom. The Morgan fingerprint density at radius 3 is 2.67 bits per heavy atom. The summed E-state index contributed by atoms with van der Waals surface area (Å²) >= 11 is 0. The van der Waals surface area contributed by atoms with Gasteiger partial charge in [-0.3, -0.25) is 0 Å². The molecule has 5 aromatic rings. The number of aliphatic hydroxyl groups is 1. The standard InChI is InChI=1S/C29H29N3O4/c1-19-30-29(36-31-19)28-16-25-26(7-4-8-27(25)35-28)34-18-24(33)17-32-13-11-21(12-14-32)23-10-9-20-5-2-3-6-22(20)15-23/h2-10,15-16,21,24,33H,11-14,17-18H2,1H3. The fraction of sp³-hybridized carbons (Fsp3) is 0.310. The number of piperidine rings is 1. The van der Waals surface area contributed by atoms with Crippen LogP contribution in [0.5, 0.6) is 5.75 Å². The van der Waals surface area contributed by atoms with E-state index in [9.17, 15) is 5.11 Å². The highest BCUT2D eigenvalue weighted by Gasteiger charge is 2.23. The van der Waals surface area contributed by atoms with Gasteiger partial charge in [-0.1, -0.05) is 53.7 Å². The molecule has 0 spiro atoms. The van der Waals surface area contributed by atoms with Crippen LogP contribution < -0.4 is 4.74 Å². The number of likely N-dealkylation sites (tertiary alicyclic amines) is 1. The zero-order valence-corrected chi connectivity index (χ0v) is 20.3. The van der Waals surface area contributed by atoms with Crippen molar-refractivity contribution in [2.24, 2.45) is 0 Å². The summed E-state index contributed by atoms with van der Waals surface area (Å²) in [6.45, 7) is 4.51. The minimum absolute atomic E-state index is 0.212. The zero-order valence-electron chi connectivity index (χ0n) is 20.3. The maximum atomic E-state index is 10.7. The molecule has 2 aromatic heterocycles. The number of benzene rings is 3. The summed E-state index contributed by atoms with van der Waals surface area (Å²) in [6.07, 6.45) is 1.61. The first-order valence-corrected chi connectivity index (χ1v) is 12.5. The van der Waals surface area contributed by atoms with Crippen molar-refractivity contribution >= 4 is 21.7 Å². The monoisotopic (exact) mass is 483 g/mol. The van der Waals surface area contributed by atoms with Crippen LogP contribution in [0.1, 0.15) is 30.1 Å². The third-order valence-electron chi connectivity index (χ3n) is 6.99. The highest BCUT2D eigenvalue weighted by molar-refractivity contribution is 5.87. The molecule has 1 unspecified atom stereocenters. The third kappa shape index (κ3) is 4.72. The summed E-state index contributed by atoms with van der Waals surface area (Å²) in [7, 11) is 0. The highest BCUT2D eigenvalue weighted by atomic mass is 16.5. The number of hydrogen-bond donors (Lipinski definition) is 1. The van der Waals surface area contributed by atoms with E-state index in [1.165, 1.54) is 16.3 Å². The first-order valence-electron chi connectivity index (χ1n) is 12.5. The maximum absolute atomic E-state index is 10.7. The predicted molar refractivity (Wildman–Crippen MR) is 138 cm³/mol. The van der Waals surface area contributed by atoms with Gasteiger partial charge in [0.15, 0.2) is 11.6 Å². The van der Waals surface area contributed by atoms with Crippen molar-refractivity contribution in [1.29, 1.82) is 0 Å². The van der Waals surface area contributed by atoms with Crippen LogP contribution in [-0.2, 0) is 0 Å². The number of hydrogen-bond acceptors (Lipinski definition) is 7. The van der Waals surface area contributed by atoms with E-state index in [-0.39, 0.29) is 6.61 Å². The molecule has 0 amide bonds. The Labute approximate surface area is 209 Å². The number of β-amino-alcohol motifs (C(OH)–C–C–N with tert-alkyl or cyclic N) is 1. The molecule has 1 saturated heterocycles. The predicted octanol–water partition coefficient (Wildman–Crippen LogP) is 5.56. The molecule has 36 heavy (non-hydrogen) atoms. The van der Waals surface area contributed by atoms with Gasteiger partial charge in [0, 0.05) is 12.6 Å². The molecular weight excluding hydrogens is 454 g/mol. The van der Waals surface area contributed by atoms with Crippen LogP contribution in [-0.4, -0.2) is 52.5 Å². The summed E-state index contributed by atoms with van der Waals surface area (Å²) in [5.74, 6) is 2.60. The van der Waals surface area contributed by atoms with E-state index in [1.807, 2.05) is 24.3 Å². The quantitative estimate of drug-likeness (QED) is 0.324. The topological polar surface area (TPSA) is 84.8 Å². The minimum Gasteiger partial charge on any atom is -0.490 e. The number of fused-ring (bicyclic) bond motifs is 2. The molecule has 3 heterocycles. The largest absolute Gasteiger partial charge is 0.490 e. The van der Waals surface area contributed by atoms with E-state index in [0.29, 0.717) is 41.3 Å². The minimum atomic E-state index is -0.581. The number of aryl methyl sites for hydroxylation is 1. The molecule has 1 atom stereocenters. The van der Waals surface area contributed by atoms with Crippen molar-refractivity contribution < 1.29 is 18.8 Å². The van der Waals surface area contributed by atoms with Crippen LogP contribution in [0.15, 0.2) is 75.7 Å². The molecule has 0 radical (unpaired) electrons. The van der Waals surface area contributed by atoms with Gasteiger partial charge in [0.25, 0.3) is 5.89 Å². The van der Waals surface area contributed by atoms with E-state index in [2.05, 4.69) is 57.5 Å². The second kappa shape index (κ2) is 9.76. The van der Waals surface area contributed by atoms with E-state index in [4.69, 9.17) is 13.7 Å². The molecule has 0 bridgehead atoms. The first-order chi connectivity index (χ1) is 17.6. The normalized spacial score (nSPS) is 16.1. The van der Waals surface area contributed by atoms with Crippen LogP contribution in [0.25, 0.3) is 33.4 Å². The number of aliphatic hydroxyl groups excluding tert-OH is 1. The van der Waals surface area contributed by atoms with Crippen LogP contribution >= 0.6 is 0 Å². The molecule has 7 nitrogen and oxygen atoms in total. The second-order valence-electron chi connectivity index (χ2n) is 9.57. The van der Waals surface area contributed by atoms with Crippen molar-refractivity contribution in [3.63, 3.8) is 0 Å². The lowest BCUT2D eigenvalue weighted by molar-refractivity contribution is 0.0599. The van der Waals surface area contributed by atoms with Crippen molar-refractivity contribution in [3.05, 3.63) is 78.1 Å². The fourth-order valence-corrected chi connectivity index (χ4v) is 5.11. The number of aromatic nitrogens is 2. The molecule has 184 valence electrons. The Morgan fingerprint density at radius 2 is 1.86 bits per heavy atom. The molecular formula is C29H29N3O4. The van der Waals surface area contributed by atoms with E-state index < -0.39 is 6.10 Å². The third-order valence-corrected chi connectivity index (χ3v) is 6.99. The van der Waals surface area contributed by atoms with Crippen LogP contribution in [0.3, 0.4) is 0 Å². The highest BCUT2D eigenvalue weighted by Crippen LogP contribution is 2.33. The average Bonchev–Trinajstić information content (AvgIpc) is 3.54. The first kappa shape index (κ1) is 22.8. The lowest BCUT2D eigenvalue weighted by Gasteiger charge is -2.33. The number of nitrogens with zero attached hydrogens (tertiary/aromatic N) is 3. The zero-order chi connectivity index (χ0) is 24.5. The van der Waals surface area contributed by atoms with Gasteiger partial charge in [0.1, 0.15) is 24.0 Å². The van der Waals surface area contributed by atoms with Gasteiger partial charge in [-0.05, 0) is 67.2 Å². The molecule has 1 fully saturated rings. The molecule has 7 heteroatoms. The summed E-state index contributed by atoms with van der Waals surface area (Å²) < 4.78 is 17.1. The summed E-state index contributed by atoms with van der Waals surface area (Å²) in [6, 6.07) is 22.8. The molecule has 1 aliphatic heterocycles. The van der Waals surface area contributed by atoms with Gasteiger partial charge in [-0.2, -0.15) is 4.98 Å². The summed E-state index contributed by atoms with van der Waals surface area (Å²) in [5.41, 5.74) is 2.09. The van der Waals surface area contributed by atoms with E-state index in [1.54, 1.807) is 6.92 Å². The SMILES string of the molecule is Cc1noc(-c2cc3c(OCC(O)CN4CCC(c5ccc6ccccc6c5)CC4)cccc3o2)n1. The van der Waals surface area contributed by atoms with Crippen molar-refractivity contribution in [2.45, 2.75) is 31.8 Å². The van der Waals surface area contributed by atoms with Crippen molar-refractivity contribution in [1.82, 2.24) is 15.0 Å². The van der Waals surface area contributed by atoms with E-state index in [0.717, 1.165) is 31.3 Å². The number of rotatable bonds is 7. The Balaban J connectivity index is 1.04. The van der Waals surface area contributed by atoms with Gasteiger partial charge in [-0.25, -0.2) is 0 Å². The molecule has 0 saturated carbocycles. The van der Waals surface area contributed by atoms with Crippen LogP contribution in [0.4, 0.5) is 0 Å².